The molecule has 0 nitrogen and oxygen atoms in total. The van der Waals surface area contributed by atoms with E-state index in [0.717, 1.165) is 0 Å². The van der Waals surface area contributed by atoms with Gasteiger partial charge in [-0.2, -0.15) is 0 Å². The molecule has 0 heteroatoms. The van der Waals surface area contributed by atoms with Gasteiger partial charge in [0.1, 0.15) is 0 Å². The van der Waals surface area contributed by atoms with Crippen molar-refractivity contribution in [3.8, 4) is 0 Å². The lowest BCUT2D eigenvalue weighted by atomic mass is 9.97. The van der Waals surface area contributed by atoms with Gasteiger partial charge in [-0.15, -0.1) is 0 Å². The zero-order valence-corrected chi connectivity index (χ0v) is 10.5. The van der Waals surface area contributed by atoms with Crippen LogP contribution in [-0.4, -0.2) is 0 Å². The van der Waals surface area contributed by atoms with Crippen LogP contribution in [0.2, 0.25) is 0 Å². The quantitative estimate of drug-likeness (QED) is 0.536. The maximum Gasteiger partial charge on any atom is -0.00387 e. The van der Waals surface area contributed by atoms with Crippen molar-refractivity contribution in [3.63, 3.8) is 0 Å². The molecule has 0 N–H and O–H groups in total. The summed E-state index contributed by atoms with van der Waals surface area (Å²) in [6.45, 7) is 8.00. The lowest BCUT2D eigenvalue weighted by Crippen LogP contribution is -1.97. The Morgan fingerprint density at radius 2 is 0.824 bits per heavy atom. The van der Waals surface area contributed by atoms with Crippen molar-refractivity contribution in [2.45, 2.75) is 49.0 Å². The minimum atomic E-state index is 0. The highest BCUT2D eigenvalue weighted by Gasteiger charge is 2.10. The summed E-state index contributed by atoms with van der Waals surface area (Å²) in [7, 11) is 0. The molecule has 2 aliphatic carbocycles. The molecule has 0 aromatic carbocycles. The summed E-state index contributed by atoms with van der Waals surface area (Å²) in [5.41, 5.74) is 0. The second-order valence-corrected chi connectivity index (χ2v) is 3.10. The summed E-state index contributed by atoms with van der Waals surface area (Å²) in [6.07, 6.45) is 18.8. The van der Waals surface area contributed by atoms with Crippen LogP contribution in [0.5, 0.6) is 0 Å². The van der Waals surface area contributed by atoms with Crippen molar-refractivity contribution in [1.29, 1.82) is 0 Å². The van der Waals surface area contributed by atoms with Gasteiger partial charge in [-0.1, -0.05) is 91.2 Å². The van der Waals surface area contributed by atoms with Crippen molar-refractivity contribution < 1.29 is 0 Å². The molecule has 0 aromatic heterocycles. The van der Waals surface area contributed by atoms with Crippen LogP contribution < -0.4 is 0 Å². The smallest absolute Gasteiger partial charge is 0.00387 e. The van der Waals surface area contributed by atoms with E-state index in [0.29, 0.717) is 11.8 Å². The molecule has 0 atom stereocenters. The van der Waals surface area contributed by atoms with E-state index in [-0.39, 0.29) is 14.9 Å². The molecule has 0 radical (unpaired) electrons. The Kier molecular flexibility index (Phi) is 18.7. The number of hydrogen-bond acceptors (Lipinski definition) is 0. The van der Waals surface area contributed by atoms with E-state index in [4.69, 9.17) is 0 Å². The fourth-order valence-electron chi connectivity index (χ4n) is 1.58. The molecule has 2 rings (SSSR count). The van der Waals surface area contributed by atoms with Gasteiger partial charge in [-0.3, -0.25) is 0 Å². The molecule has 0 amide bonds. The van der Waals surface area contributed by atoms with Crippen LogP contribution in [0.1, 0.15) is 49.0 Å². The molecule has 0 fully saturated rings. The molecule has 0 unspecified atom stereocenters. The third-order valence-electron chi connectivity index (χ3n) is 2.20. The van der Waals surface area contributed by atoms with Crippen LogP contribution in [0.4, 0.5) is 0 Å². The largest absolute Gasteiger partial charge is 0.0776 e. The van der Waals surface area contributed by atoms with Crippen LogP contribution in [-0.2, 0) is 0 Å². The molecule has 0 aromatic rings. The van der Waals surface area contributed by atoms with Crippen LogP contribution >= 0.6 is 0 Å². The van der Waals surface area contributed by atoms with Gasteiger partial charge in [0.25, 0.3) is 0 Å². The summed E-state index contributed by atoms with van der Waals surface area (Å²) in [5.74, 6) is 1.35. The van der Waals surface area contributed by atoms with Crippen LogP contribution in [0.15, 0.2) is 48.6 Å². The first-order valence-electron chi connectivity index (χ1n) is 6.15. The minimum Gasteiger partial charge on any atom is -0.0776 e. The molecule has 0 heterocycles. The number of allylic oxidation sites excluding steroid dienone is 8. The number of hydrogen-bond donors (Lipinski definition) is 0. The Labute approximate surface area is 110 Å². The van der Waals surface area contributed by atoms with Crippen molar-refractivity contribution >= 4 is 0 Å². The first kappa shape index (κ1) is 21.3. The highest BCUT2D eigenvalue weighted by atomic mass is 14.1. The lowest BCUT2D eigenvalue weighted by molar-refractivity contribution is 0.636. The summed E-state index contributed by atoms with van der Waals surface area (Å²) < 4.78 is 0. The first-order chi connectivity index (χ1) is 7.45. The van der Waals surface area contributed by atoms with E-state index >= 15 is 0 Å². The Morgan fingerprint density at radius 1 is 0.588 bits per heavy atom. The second kappa shape index (κ2) is 15.0. The zero-order chi connectivity index (χ0) is 11.5. The predicted molar refractivity (Wildman–Crippen MR) is 84.3 cm³/mol. The highest BCUT2D eigenvalue weighted by Crippen LogP contribution is 2.23. The maximum atomic E-state index is 2.26. The topological polar surface area (TPSA) is 0 Å². The Morgan fingerprint density at radius 3 is 1.06 bits per heavy atom. The van der Waals surface area contributed by atoms with Gasteiger partial charge >= 0.3 is 0 Å². The van der Waals surface area contributed by atoms with E-state index in [2.05, 4.69) is 48.6 Å². The molecular weight excluding hydrogens is 204 g/mol. The Bertz CT molecular complexity index is 191. The average molecular weight is 236 g/mol. The second-order valence-electron chi connectivity index (χ2n) is 3.10. The molecule has 0 aliphatic heterocycles. The molecule has 100 valence electrons. The monoisotopic (exact) mass is 236 g/mol. The highest BCUT2D eigenvalue weighted by molar-refractivity contribution is 5.22. The zero-order valence-electron chi connectivity index (χ0n) is 10.5. The van der Waals surface area contributed by atoms with Gasteiger partial charge in [0.15, 0.2) is 0 Å². The summed E-state index contributed by atoms with van der Waals surface area (Å²) in [6, 6.07) is 0. The Hall–Kier alpha value is -1.04. The van der Waals surface area contributed by atoms with Gasteiger partial charge in [0.2, 0.25) is 0 Å². The molecule has 0 saturated heterocycles. The Balaban J connectivity index is -0.000000299. The van der Waals surface area contributed by atoms with Gasteiger partial charge in [0.05, 0.1) is 0 Å². The standard InChI is InChI=1S/C11H12.2C2H6.2CH4/c1-2-6-10(5-1)9-11-7-3-4-8-11;2*1-2;;/h1-8,10-11H,9H2;2*1-2H3;2*1H4. The predicted octanol–water partition coefficient (Wildman–Crippen LogP) is 6.19. The normalized spacial score (nSPS) is 15.3. The lowest BCUT2D eigenvalue weighted by Gasteiger charge is -2.07. The summed E-state index contributed by atoms with van der Waals surface area (Å²) in [5, 5.41) is 0. The van der Waals surface area contributed by atoms with E-state index in [9.17, 15) is 0 Å². The van der Waals surface area contributed by atoms with E-state index in [1.807, 2.05) is 27.7 Å². The molecule has 17 heavy (non-hydrogen) atoms. The van der Waals surface area contributed by atoms with E-state index in [1.165, 1.54) is 6.42 Å². The number of rotatable bonds is 2. The third-order valence-corrected chi connectivity index (χ3v) is 2.20. The van der Waals surface area contributed by atoms with Gasteiger partial charge in [0, 0.05) is 0 Å². The first-order valence-corrected chi connectivity index (χ1v) is 6.15. The van der Waals surface area contributed by atoms with Crippen molar-refractivity contribution in [2.24, 2.45) is 11.8 Å². The maximum absolute atomic E-state index is 2.26. The van der Waals surface area contributed by atoms with E-state index in [1.54, 1.807) is 0 Å². The van der Waals surface area contributed by atoms with Gasteiger partial charge < -0.3 is 0 Å². The van der Waals surface area contributed by atoms with Crippen LogP contribution in [0.3, 0.4) is 0 Å². The van der Waals surface area contributed by atoms with Crippen molar-refractivity contribution in [2.75, 3.05) is 0 Å². The van der Waals surface area contributed by atoms with Gasteiger partial charge in [-0.25, -0.2) is 0 Å². The van der Waals surface area contributed by atoms with Crippen molar-refractivity contribution in [1.82, 2.24) is 0 Å². The fourth-order valence-corrected chi connectivity index (χ4v) is 1.58. The molecule has 0 spiro atoms. The third kappa shape index (κ3) is 8.74. The van der Waals surface area contributed by atoms with Gasteiger partial charge in [-0.05, 0) is 18.3 Å². The average Bonchev–Trinajstić information content (AvgIpc) is 2.98. The molecule has 0 saturated carbocycles. The van der Waals surface area contributed by atoms with E-state index < -0.39 is 0 Å². The SMILES string of the molecule is C.C.C1=CC(CC2C=CC=C2)C=C1.CC.CC. The fraction of sp³-hybridized carbons (Fsp3) is 0.529. The van der Waals surface area contributed by atoms with Crippen LogP contribution in [0, 0.1) is 11.8 Å². The summed E-state index contributed by atoms with van der Waals surface area (Å²) >= 11 is 0. The molecule has 2 aliphatic rings. The molecular formula is C17H32. The summed E-state index contributed by atoms with van der Waals surface area (Å²) in [4.78, 5) is 0. The molecule has 0 bridgehead atoms. The van der Waals surface area contributed by atoms with Crippen LogP contribution in [0.25, 0.3) is 0 Å². The van der Waals surface area contributed by atoms with Crippen molar-refractivity contribution in [3.05, 3.63) is 48.6 Å². The minimum absolute atomic E-state index is 0.